The molecule has 2 amide bonds. The molecular formula is C13H19NO4. The maximum atomic E-state index is 12.3. The van der Waals surface area contributed by atoms with Crippen molar-refractivity contribution in [3.63, 3.8) is 0 Å². The topological polar surface area (TPSA) is 63.7 Å². The van der Waals surface area contributed by atoms with Crippen LogP contribution in [0.25, 0.3) is 0 Å². The summed E-state index contributed by atoms with van der Waals surface area (Å²) in [4.78, 5) is 37.1. The highest BCUT2D eigenvalue weighted by Crippen LogP contribution is 2.44. The Labute approximate surface area is 106 Å². The quantitative estimate of drug-likeness (QED) is 0.618. The fraction of sp³-hybridized carbons (Fsp3) is 0.769. The lowest BCUT2D eigenvalue weighted by Gasteiger charge is -2.24. The number of likely N-dealkylation sites (tertiary alicyclic amines) is 1. The lowest BCUT2D eigenvalue weighted by Crippen LogP contribution is -2.42. The Morgan fingerprint density at radius 3 is 2.44 bits per heavy atom. The molecule has 0 aromatic carbocycles. The van der Waals surface area contributed by atoms with Crippen LogP contribution in [0.1, 0.15) is 46.5 Å². The van der Waals surface area contributed by atoms with Crippen molar-refractivity contribution in [2.24, 2.45) is 5.41 Å². The minimum absolute atomic E-state index is 0.0152. The minimum atomic E-state index is -0.920. The van der Waals surface area contributed by atoms with Gasteiger partial charge in [0.2, 0.25) is 5.91 Å². The van der Waals surface area contributed by atoms with Gasteiger partial charge in [-0.15, -0.1) is 0 Å². The number of hydrogen-bond acceptors (Lipinski definition) is 4. The molecule has 1 heterocycles. The van der Waals surface area contributed by atoms with Crippen molar-refractivity contribution in [3.8, 4) is 0 Å². The summed E-state index contributed by atoms with van der Waals surface area (Å²) in [6.45, 7) is 5.55. The molecule has 5 heteroatoms. The van der Waals surface area contributed by atoms with Crippen LogP contribution < -0.4 is 0 Å². The highest BCUT2D eigenvalue weighted by atomic mass is 16.6. The first kappa shape index (κ1) is 13.1. The summed E-state index contributed by atoms with van der Waals surface area (Å²) in [6.07, 6.45) is 1.58. The number of hydrogen-bond donors (Lipinski definition) is 0. The molecule has 1 atom stereocenters. The lowest BCUT2D eigenvalue weighted by atomic mass is 9.84. The van der Waals surface area contributed by atoms with Gasteiger partial charge in [-0.25, -0.2) is 9.69 Å². The van der Waals surface area contributed by atoms with E-state index >= 15 is 0 Å². The first-order valence-corrected chi connectivity index (χ1v) is 6.34. The second-order valence-corrected chi connectivity index (χ2v) is 6.05. The monoisotopic (exact) mass is 253 g/mol. The van der Waals surface area contributed by atoms with E-state index in [0.717, 1.165) is 11.3 Å². The average Bonchev–Trinajstić information content (AvgIpc) is 2.73. The molecule has 1 saturated heterocycles. The van der Waals surface area contributed by atoms with Crippen LogP contribution in [0.15, 0.2) is 0 Å². The molecule has 1 saturated carbocycles. The van der Waals surface area contributed by atoms with Gasteiger partial charge in [-0.3, -0.25) is 9.59 Å². The fourth-order valence-corrected chi connectivity index (χ4v) is 2.68. The van der Waals surface area contributed by atoms with Crippen LogP contribution in [-0.2, 0) is 14.3 Å². The van der Waals surface area contributed by atoms with Gasteiger partial charge < -0.3 is 4.74 Å². The van der Waals surface area contributed by atoms with Crippen molar-refractivity contribution in [3.05, 3.63) is 0 Å². The van der Waals surface area contributed by atoms with Gasteiger partial charge in [-0.05, 0) is 40.0 Å². The predicted molar refractivity (Wildman–Crippen MR) is 63.9 cm³/mol. The molecule has 2 rings (SSSR count). The lowest BCUT2D eigenvalue weighted by molar-refractivity contribution is -0.141. The first-order chi connectivity index (χ1) is 8.26. The number of carbonyl (C=O) groups excluding carboxylic acids is 3. The molecule has 0 radical (unpaired) electrons. The molecular weight excluding hydrogens is 234 g/mol. The molecule has 0 aromatic rings. The zero-order chi connectivity index (χ0) is 13.6. The van der Waals surface area contributed by atoms with E-state index in [4.69, 9.17) is 4.74 Å². The number of amides is 2. The zero-order valence-electron chi connectivity index (χ0n) is 11.1. The van der Waals surface area contributed by atoms with E-state index in [-0.39, 0.29) is 11.7 Å². The third-order valence-corrected chi connectivity index (χ3v) is 3.57. The van der Waals surface area contributed by atoms with Crippen LogP contribution in [0, 0.1) is 5.41 Å². The van der Waals surface area contributed by atoms with Crippen molar-refractivity contribution in [2.45, 2.75) is 52.1 Å². The Morgan fingerprint density at radius 2 is 1.94 bits per heavy atom. The molecule has 1 unspecified atom stereocenters. The Bertz CT molecular complexity index is 410. The van der Waals surface area contributed by atoms with Crippen LogP contribution in [0.2, 0.25) is 0 Å². The normalized spacial score (nSPS) is 28.3. The standard InChI is InChI=1S/C13H19NO4/c1-12(2,3)18-11(17)14-8-7-13(10(14)16)6-4-5-9(13)15/h4-8H2,1-3H3. The van der Waals surface area contributed by atoms with Gasteiger partial charge in [0.15, 0.2) is 0 Å². The number of ketones is 1. The van der Waals surface area contributed by atoms with Crippen LogP contribution >= 0.6 is 0 Å². The summed E-state index contributed by atoms with van der Waals surface area (Å²) in [5.74, 6) is -0.377. The highest BCUT2D eigenvalue weighted by Gasteiger charge is 2.56. The Balaban J connectivity index is 2.13. The third kappa shape index (κ3) is 2.02. The molecule has 100 valence electrons. The van der Waals surface area contributed by atoms with Gasteiger partial charge in [-0.1, -0.05) is 0 Å². The van der Waals surface area contributed by atoms with Crippen molar-refractivity contribution in [2.75, 3.05) is 6.54 Å². The number of nitrogens with zero attached hydrogens (tertiary/aromatic N) is 1. The van der Waals surface area contributed by atoms with E-state index < -0.39 is 17.1 Å². The number of carbonyl (C=O) groups is 3. The van der Waals surface area contributed by atoms with Crippen molar-refractivity contribution in [1.82, 2.24) is 4.90 Å². The number of rotatable bonds is 0. The van der Waals surface area contributed by atoms with Gasteiger partial charge in [0, 0.05) is 13.0 Å². The predicted octanol–water partition coefficient (Wildman–Crippen LogP) is 1.89. The Hall–Kier alpha value is -1.39. The summed E-state index contributed by atoms with van der Waals surface area (Å²) in [5, 5.41) is 0. The fourth-order valence-electron chi connectivity index (χ4n) is 2.68. The van der Waals surface area contributed by atoms with Gasteiger partial charge >= 0.3 is 6.09 Å². The molecule has 0 aromatic heterocycles. The van der Waals surface area contributed by atoms with Crippen LogP contribution in [0.5, 0.6) is 0 Å². The second kappa shape index (κ2) is 4.07. The van der Waals surface area contributed by atoms with Crippen molar-refractivity contribution < 1.29 is 19.1 Å². The largest absolute Gasteiger partial charge is 0.443 e. The van der Waals surface area contributed by atoms with Gasteiger partial charge in [-0.2, -0.15) is 0 Å². The van der Waals surface area contributed by atoms with Crippen LogP contribution in [-0.4, -0.2) is 34.8 Å². The summed E-state index contributed by atoms with van der Waals surface area (Å²) >= 11 is 0. The molecule has 2 fully saturated rings. The third-order valence-electron chi connectivity index (χ3n) is 3.57. The molecule has 1 aliphatic carbocycles. The molecule has 5 nitrogen and oxygen atoms in total. The van der Waals surface area contributed by atoms with Gasteiger partial charge in [0.05, 0.1) is 0 Å². The second-order valence-electron chi connectivity index (χ2n) is 6.05. The maximum Gasteiger partial charge on any atom is 0.417 e. The SMILES string of the molecule is CC(C)(C)OC(=O)N1CCC2(CCCC2=O)C1=O. The minimum Gasteiger partial charge on any atom is -0.443 e. The first-order valence-electron chi connectivity index (χ1n) is 6.34. The molecule has 1 spiro atoms. The molecule has 1 aliphatic heterocycles. The maximum absolute atomic E-state index is 12.3. The van der Waals surface area contributed by atoms with Crippen molar-refractivity contribution >= 4 is 17.8 Å². The summed E-state index contributed by atoms with van der Waals surface area (Å²) in [7, 11) is 0. The van der Waals surface area contributed by atoms with Crippen LogP contribution in [0.4, 0.5) is 4.79 Å². The number of Topliss-reactive ketones (excluding diaryl/α,β-unsaturated/α-hetero) is 1. The van der Waals surface area contributed by atoms with E-state index in [1.54, 1.807) is 20.8 Å². The summed E-state index contributed by atoms with van der Waals surface area (Å²) < 4.78 is 5.18. The van der Waals surface area contributed by atoms with Gasteiger partial charge in [0.25, 0.3) is 0 Å². The number of ether oxygens (including phenoxy) is 1. The molecule has 0 N–H and O–H groups in total. The average molecular weight is 253 g/mol. The molecule has 2 aliphatic rings. The Morgan fingerprint density at radius 1 is 1.28 bits per heavy atom. The zero-order valence-corrected chi connectivity index (χ0v) is 11.1. The molecule has 0 bridgehead atoms. The highest BCUT2D eigenvalue weighted by molar-refractivity contribution is 6.12. The van der Waals surface area contributed by atoms with Crippen LogP contribution in [0.3, 0.4) is 0 Å². The summed E-state index contributed by atoms with van der Waals surface area (Å²) in [6, 6.07) is 0. The van der Waals surface area contributed by atoms with E-state index in [9.17, 15) is 14.4 Å². The van der Waals surface area contributed by atoms with E-state index in [1.165, 1.54) is 0 Å². The van der Waals surface area contributed by atoms with Gasteiger partial charge in [0.1, 0.15) is 16.8 Å². The van der Waals surface area contributed by atoms with E-state index in [0.29, 0.717) is 25.8 Å². The van der Waals surface area contributed by atoms with Crippen molar-refractivity contribution in [1.29, 1.82) is 0 Å². The smallest absolute Gasteiger partial charge is 0.417 e. The van der Waals surface area contributed by atoms with E-state index in [1.807, 2.05) is 0 Å². The molecule has 18 heavy (non-hydrogen) atoms. The number of imide groups is 1. The summed E-state index contributed by atoms with van der Waals surface area (Å²) in [5.41, 5.74) is -1.55. The van der Waals surface area contributed by atoms with E-state index in [2.05, 4.69) is 0 Å². The Kier molecular flexibility index (Phi) is 2.95.